The predicted molar refractivity (Wildman–Crippen MR) is 106 cm³/mol. The highest BCUT2D eigenvalue weighted by atomic mass is 16.5. The number of fused-ring (bicyclic) bond motifs is 2. The van der Waals surface area contributed by atoms with E-state index in [0.717, 1.165) is 65.2 Å². The van der Waals surface area contributed by atoms with Crippen LogP contribution in [0.4, 0.5) is 0 Å². The Kier molecular flexibility index (Phi) is 5.21. The van der Waals surface area contributed by atoms with E-state index in [9.17, 15) is 4.79 Å². The molecule has 3 heterocycles. The first-order valence-corrected chi connectivity index (χ1v) is 9.48. The van der Waals surface area contributed by atoms with Gasteiger partial charge in [0.25, 0.3) is 5.91 Å². The number of benzene rings is 1. The van der Waals surface area contributed by atoms with Gasteiger partial charge in [-0.1, -0.05) is 0 Å². The second kappa shape index (κ2) is 7.93. The van der Waals surface area contributed by atoms with Crippen molar-refractivity contribution >= 4 is 16.8 Å². The molecule has 1 amide bonds. The van der Waals surface area contributed by atoms with Gasteiger partial charge in [-0.2, -0.15) is 5.10 Å². The summed E-state index contributed by atoms with van der Waals surface area (Å²) in [5.74, 6) is 1.41. The number of hydrogen-bond donors (Lipinski definition) is 4. The van der Waals surface area contributed by atoms with Crippen LogP contribution in [0.2, 0.25) is 0 Å². The van der Waals surface area contributed by atoms with Gasteiger partial charge in [0.05, 0.1) is 19.7 Å². The van der Waals surface area contributed by atoms with Crippen molar-refractivity contribution in [3.63, 3.8) is 0 Å². The molecule has 2 aromatic heterocycles. The third-order valence-electron chi connectivity index (χ3n) is 5.11. The first-order valence-electron chi connectivity index (χ1n) is 9.48. The van der Waals surface area contributed by atoms with Crippen LogP contribution in [0.5, 0.6) is 11.5 Å². The molecule has 4 N–H and O–H groups in total. The van der Waals surface area contributed by atoms with Crippen LogP contribution in [0, 0.1) is 0 Å². The summed E-state index contributed by atoms with van der Waals surface area (Å²) in [6.45, 7) is 2.19. The fourth-order valence-corrected chi connectivity index (χ4v) is 3.64. The molecule has 0 spiro atoms. The molecular weight excluding hydrogens is 358 g/mol. The zero-order valence-electron chi connectivity index (χ0n) is 16.1. The van der Waals surface area contributed by atoms with Gasteiger partial charge in [0.15, 0.2) is 5.69 Å². The lowest BCUT2D eigenvalue weighted by Crippen LogP contribution is -2.29. The number of carbonyl (C=O) groups excluding carboxylic acids is 1. The van der Waals surface area contributed by atoms with E-state index in [1.165, 1.54) is 0 Å². The number of aryl methyl sites for hydroxylation is 1. The number of H-pyrrole nitrogens is 2. The van der Waals surface area contributed by atoms with Crippen LogP contribution in [0.25, 0.3) is 10.9 Å². The molecule has 1 aliphatic rings. The largest absolute Gasteiger partial charge is 0.497 e. The van der Waals surface area contributed by atoms with E-state index in [1.54, 1.807) is 14.2 Å². The predicted octanol–water partition coefficient (Wildman–Crippen LogP) is 1.92. The summed E-state index contributed by atoms with van der Waals surface area (Å²) in [6.07, 6.45) is 2.52. The van der Waals surface area contributed by atoms with Gasteiger partial charge in [0.2, 0.25) is 0 Å². The number of rotatable bonds is 7. The summed E-state index contributed by atoms with van der Waals surface area (Å²) < 4.78 is 10.8. The number of carbonyl (C=O) groups is 1. The first kappa shape index (κ1) is 18.4. The van der Waals surface area contributed by atoms with Crippen LogP contribution in [0.3, 0.4) is 0 Å². The smallest absolute Gasteiger partial charge is 0.272 e. The van der Waals surface area contributed by atoms with Gasteiger partial charge in [-0.05, 0) is 18.9 Å². The lowest BCUT2D eigenvalue weighted by Gasteiger charge is -2.12. The van der Waals surface area contributed by atoms with E-state index >= 15 is 0 Å². The molecule has 8 nitrogen and oxygen atoms in total. The summed E-state index contributed by atoms with van der Waals surface area (Å²) in [5, 5.41) is 14.4. The highest BCUT2D eigenvalue weighted by Crippen LogP contribution is 2.31. The Morgan fingerprint density at radius 2 is 2.14 bits per heavy atom. The monoisotopic (exact) mass is 383 g/mol. The van der Waals surface area contributed by atoms with Gasteiger partial charge in [-0.25, -0.2) is 0 Å². The molecule has 1 aromatic carbocycles. The SMILES string of the molecule is COc1cc(OC)c2cc(CCCNC(=O)c3n[nH]c4c3CNCC4)[nH]c2c1. The zero-order chi connectivity index (χ0) is 19.5. The van der Waals surface area contributed by atoms with E-state index in [1.807, 2.05) is 12.1 Å². The molecule has 28 heavy (non-hydrogen) atoms. The number of nitrogens with zero attached hydrogens (tertiary/aromatic N) is 1. The molecule has 0 fully saturated rings. The number of aromatic nitrogens is 3. The third kappa shape index (κ3) is 3.55. The quantitative estimate of drug-likeness (QED) is 0.467. The first-order chi connectivity index (χ1) is 13.7. The molecule has 8 heteroatoms. The van der Waals surface area contributed by atoms with Gasteiger partial charge >= 0.3 is 0 Å². The number of nitrogens with one attached hydrogen (secondary N) is 4. The second-order valence-electron chi connectivity index (χ2n) is 6.90. The zero-order valence-corrected chi connectivity index (χ0v) is 16.1. The lowest BCUT2D eigenvalue weighted by atomic mass is 10.1. The Hall–Kier alpha value is -3.00. The van der Waals surface area contributed by atoms with E-state index in [-0.39, 0.29) is 5.91 Å². The van der Waals surface area contributed by atoms with Crippen LogP contribution < -0.4 is 20.1 Å². The minimum atomic E-state index is -0.121. The highest BCUT2D eigenvalue weighted by molar-refractivity contribution is 5.94. The van der Waals surface area contributed by atoms with Gasteiger partial charge in [0, 0.05) is 60.5 Å². The lowest BCUT2D eigenvalue weighted by molar-refractivity contribution is 0.0947. The van der Waals surface area contributed by atoms with Gasteiger partial charge in [-0.3, -0.25) is 9.89 Å². The van der Waals surface area contributed by atoms with Gasteiger partial charge in [-0.15, -0.1) is 0 Å². The summed E-state index contributed by atoms with van der Waals surface area (Å²) in [5.41, 5.74) is 4.62. The fraction of sp³-hybridized carbons (Fsp3) is 0.400. The summed E-state index contributed by atoms with van der Waals surface area (Å²) >= 11 is 0. The standard InChI is InChI=1S/C20H25N5O3/c1-27-13-9-17-14(18(10-13)28-2)8-12(23-17)4-3-6-22-20(26)19-15-11-21-7-5-16(15)24-25-19/h8-10,21,23H,3-7,11H2,1-2H3,(H,22,26)(H,24,25). The van der Waals surface area contributed by atoms with Crippen molar-refractivity contribution in [3.8, 4) is 11.5 Å². The van der Waals surface area contributed by atoms with Crippen LogP contribution in [-0.4, -0.2) is 48.4 Å². The highest BCUT2D eigenvalue weighted by Gasteiger charge is 2.21. The number of ether oxygens (including phenoxy) is 2. The Balaban J connectivity index is 1.35. The maximum atomic E-state index is 12.4. The topological polar surface area (TPSA) is 104 Å². The van der Waals surface area contributed by atoms with Crippen molar-refractivity contribution in [2.24, 2.45) is 0 Å². The Bertz CT molecular complexity index is 991. The normalized spacial score (nSPS) is 13.4. The van der Waals surface area contributed by atoms with Gasteiger partial charge in [0.1, 0.15) is 11.5 Å². The molecular formula is C20H25N5O3. The minimum Gasteiger partial charge on any atom is -0.497 e. The van der Waals surface area contributed by atoms with Crippen molar-refractivity contribution < 1.29 is 14.3 Å². The third-order valence-corrected chi connectivity index (χ3v) is 5.11. The number of aromatic amines is 2. The van der Waals surface area contributed by atoms with Crippen molar-refractivity contribution in [2.45, 2.75) is 25.8 Å². The Morgan fingerprint density at radius 1 is 1.25 bits per heavy atom. The minimum absolute atomic E-state index is 0.121. The van der Waals surface area contributed by atoms with Crippen LogP contribution >= 0.6 is 0 Å². The Morgan fingerprint density at radius 3 is 2.96 bits per heavy atom. The number of amides is 1. The molecule has 0 aliphatic carbocycles. The molecule has 148 valence electrons. The van der Waals surface area contributed by atoms with Gasteiger partial charge < -0.3 is 25.1 Å². The fourth-order valence-electron chi connectivity index (χ4n) is 3.64. The average molecular weight is 383 g/mol. The second-order valence-corrected chi connectivity index (χ2v) is 6.90. The molecule has 1 aliphatic heterocycles. The summed E-state index contributed by atoms with van der Waals surface area (Å²) in [6, 6.07) is 5.92. The molecule has 0 unspecified atom stereocenters. The van der Waals surface area contributed by atoms with E-state index in [4.69, 9.17) is 9.47 Å². The Labute approximate surface area is 163 Å². The van der Waals surface area contributed by atoms with E-state index in [2.05, 4.69) is 31.9 Å². The van der Waals surface area contributed by atoms with Crippen LogP contribution in [0.1, 0.15) is 33.9 Å². The molecule has 0 saturated heterocycles. The van der Waals surface area contributed by atoms with Crippen LogP contribution in [0.15, 0.2) is 18.2 Å². The molecule has 0 bridgehead atoms. The number of methoxy groups -OCH3 is 2. The molecule has 0 saturated carbocycles. The molecule has 0 atom stereocenters. The molecule has 3 aromatic rings. The van der Waals surface area contributed by atoms with Crippen molar-refractivity contribution in [1.82, 2.24) is 25.8 Å². The van der Waals surface area contributed by atoms with E-state index < -0.39 is 0 Å². The molecule has 4 rings (SSSR count). The number of hydrogen-bond acceptors (Lipinski definition) is 5. The summed E-state index contributed by atoms with van der Waals surface area (Å²) in [7, 11) is 3.29. The molecule has 0 radical (unpaired) electrons. The van der Waals surface area contributed by atoms with Crippen molar-refractivity contribution in [1.29, 1.82) is 0 Å². The average Bonchev–Trinajstić information content (AvgIpc) is 3.34. The van der Waals surface area contributed by atoms with Crippen molar-refractivity contribution in [2.75, 3.05) is 27.3 Å². The summed E-state index contributed by atoms with van der Waals surface area (Å²) in [4.78, 5) is 15.8. The van der Waals surface area contributed by atoms with Crippen molar-refractivity contribution in [3.05, 3.63) is 40.8 Å². The maximum absolute atomic E-state index is 12.4. The van der Waals surface area contributed by atoms with E-state index in [0.29, 0.717) is 18.8 Å². The maximum Gasteiger partial charge on any atom is 0.272 e. The van der Waals surface area contributed by atoms with Crippen LogP contribution in [-0.2, 0) is 19.4 Å².